The average molecular weight is 404 g/mol. The highest BCUT2D eigenvalue weighted by molar-refractivity contribution is 7.10. The molecule has 6 nitrogen and oxygen atoms in total. The molecule has 2 aliphatic rings. The number of thiophene rings is 1. The molecule has 2 aliphatic heterocycles. The van der Waals surface area contributed by atoms with E-state index in [9.17, 15) is 9.90 Å². The van der Waals surface area contributed by atoms with Gasteiger partial charge in [0.05, 0.1) is 16.9 Å². The van der Waals surface area contributed by atoms with Gasteiger partial charge in [-0.15, -0.1) is 11.3 Å². The zero-order valence-corrected chi connectivity index (χ0v) is 17.8. The van der Waals surface area contributed by atoms with Crippen molar-refractivity contribution in [3.8, 4) is 0 Å². The van der Waals surface area contributed by atoms with E-state index in [1.165, 1.54) is 16.0 Å². The van der Waals surface area contributed by atoms with E-state index in [-0.39, 0.29) is 5.91 Å². The molecule has 0 radical (unpaired) electrons. The zero-order chi connectivity index (χ0) is 19.9. The van der Waals surface area contributed by atoms with Crippen LogP contribution in [0.3, 0.4) is 0 Å². The number of amides is 1. The fourth-order valence-corrected chi connectivity index (χ4v) is 5.51. The van der Waals surface area contributed by atoms with Gasteiger partial charge < -0.3 is 14.5 Å². The normalized spacial score (nSPS) is 23.1. The summed E-state index contributed by atoms with van der Waals surface area (Å²) in [5, 5.41) is 16.7. The Bertz CT molecular complexity index is 855. The van der Waals surface area contributed by atoms with Gasteiger partial charge in [0.25, 0.3) is 5.91 Å². The van der Waals surface area contributed by atoms with Gasteiger partial charge in [0, 0.05) is 48.5 Å². The molecule has 4 heterocycles. The summed E-state index contributed by atoms with van der Waals surface area (Å²) in [5.74, 6) is 0.974. The number of hydrogen-bond donors (Lipinski definition) is 1. The van der Waals surface area contributed by atoms with E-state index < -0.39 is 5.60 Å². The second-order valence-electron chi connectivity index (χ2n) is 8.22. The number of nitrogens with zero attached hydrogens (tertiary/aromatic N) is 3. The Balaban J connectivity index is 1.47. The van der Waals surface area contributed by atoms with Crippen molar-refractivity contribution >= 4 is 17.2 Å². The number of aliphatic hydroxyl groups is 1. The third kappa shape index (κ3) is 3.63. The van der Waals surface area contributed by atoms with E-state index in [2.05, 4.69) is 10.1 Å². The predicted molar refractivity (Wildman–Crippen MR) is 108 cm³/mol. The van der Waals surface area contributed by atoms with Gasteiger partial charge in [-0.2, -0.15) is 0 Å². The highest BCUT2D eigenvalue weighted by atomic mass is 32.1. The number of piperidine rings is 1. The standard InChI is InChI=1S/C21H29N3O3S/c1-4-21(26)7-5-8-24(13-21)20(25)18-12-28-19-11-23(9-6-16(18)19)10-17-14(2)22-27-15(17)3/h12,26H,4-11,13H2,1-3H3/t21-/m1/s1. The van der Waals surface area contributed by atoms with E-state index in [0.717, 1.165) is 62.5 Å². The highest BCUT2D eigenvalue weighted by Gasteiger charge is 2.35. The van der Waals surface area contributed by atoms with Gasteiger partial charge in [0.2, 0.25) is 0 Å². The molecule has 0 bridgehead atoms. The molecule has 2 aromatic heterocycles. The molecule has 28 heavy (non-hydrogen) atoms. The molecule has 7 heteroatoms. The minimum Gasteiger partial charge on any atom is -0.388 e. The van der Waals surface area contributed by atoms with E-state index in [1.54, 1.807) is 11.3 Å². The second-order valence-corrected chi connectivity index (χ2v) is 9.19. The van der Waals surface area contributed by atoms with Crippen molar-refractivity contribution in [2.45, 2.75) is 65.1 Å². The SMILES string of the molecule is CC[C@@]1(O)CCCN(C(=O)c2csc3c2CCN(Cc2c(C)noc2C)C3)C1. The smallest absolute Gasteiger partial charge is 0.255 e. The molecular formula is C21H29N3O3S. The zero-order valence-electron chi connectivity index (χ0n) is 17.0. The van der Waals surface area contributed by atoms with Crippen molar-refractivity contribution in [1.82, 2.24) is 15.0 Å². The van der Waals surface area contributed by atoms with Crippen molar-refractivity contribution in [2.75, 3.05) is 19.6 Å². The molecule has 0 aromatic carbocycles. The summed E-state index contributed by atoms with van der Waals surface area (Å²) in [5.41, 5.74) is 3.45. The first-order chi connectivity index (χ1) is 13.4. The lowest BCUT2D eigenvalue weighted by Crippen LogP contribution is -2.50. The Morgan fingerprint density at radius 2 is 2.21 bits per heavy atom. The predicted octanol–water partition coefficient (Wildman–Crippen LogP) is 3.29. The quantitative estimate of drug-likeness (QED) is 0.848. The van der Waals surface area contributed by atoms with Gasteiger partial charge >= 0.3 is 0 Å². The summed E-state index contributed by atoms with van der Waals surface area (Å²) in [4.78, 5) is 18.7. The van der Waals surface area contributed by atoms with Crippen molar-refractivity contribution in [3.63, 3.8) is 0 Å². The van der Waals surface area contributed by atoms with Crippen LogP contribution in [0, 0.1) is 13.8 Å². The maximum absolute atomic E-state index is 13.2. The largest absolute Gasteiger partial charge is 0.388 e. The van der Waals surface area contributed by atoms with Crippen LogP contribution < -0.4 is 0 Å². The molecule has 1 amide bonds. The number of likely N-dealkylation sites (tertiary alicyclic amines) is 1. The van der Waals surface area contributed by atoms with Crippen molar-refractivity contribution in [2.24, 2.45) is 0 Å². The molecule has 4 rings (SSSR count). The molecule has 0 unspecified atom stereocenters. The number of carbonyl (C=O) groups excluding carboxylic acids is 1. The molecule has 1 atom stereocenters. The molecule has 1 fully saturated rings. The lowest BCUT2D eigenvalue weighted by Gasteiger charge is -2.39. The number of β-amino-alcohol motifs (C(OH)–C–C–N with tert-alkyl or cyclic N) is 1. The Morgan fingerprint density at radius 1 is 1.39 bits per heavy atom. The first kappa shape index (κ1) is 19.6. The molecule has 1 N–H and O–H groups in total. The van der Waals surface area contributed by atoms with Crippen LogP contribution >= 0.6 is 11.3 Å². The van der Waals surface area contributed by atoms with Crippen LogP contribution in [0.15, 0.2) is 9.90 Å². The molecule has 1 saturated heterocycles. The van der Waals surface area contributed by atoms with Crippen molar-refractivity contribution in [3.05, 3.63) is 38.4 Å². The van der Waals surface area contributed by atoms with E-state index >= 15 is 0 Å². The van der Waals surface area contributed by atoms with Crippen LogP contribution in [0.1, 0.15) is 64.0 Å². The van der Waals surface area contributed by atoms with Crippen LogP contribution in [0.2, 0.25) is 0 Å². The summed E-state index contributed by atoms with van der Waals surface area (Å²) in [6.45, 7) is 9.74. The minimum absolute atomic E-state index is 0.0863. The Morgan fingerprint density at radius 3 is 2.93 bits per heavy atom. The van der Waals surface area contributed by atoms with Crippen LogP contribution in [-0.2, 0) is 19.5 Å². The number of hydrogen-bond acceptors (Lipinski definition) is 6. The van der Waals surface area contributed by atoms with Crippen LogP contribution in [-0.4, -0.2) is 51.2 Å². The Kier molecular flexibility index (Phi) is 5.33. The summed E-state index contributed by atoms with van der Waals surface area (Å²) < 4.78 is 5.29. The Hall–Kier alpha value is -1.70. The van der Waals surface area contributed by atoms with Crippen LogP contribution in [0.25, 0.3) is 0 Å². The molecular weight excluding hydrogens is 374 g/mol. The van der Waals surface area contributed by atoms with E-state index in [4.69, 9.17) is 4.52 Å². The van der Waals surface area contributed by atoms with Gasteiger partial charge in [0.1, 0.15) is 5.76 Å². The molecule has 152 valence electrons. The Labute approximate surface area is 170 Å². The number of aryl methyl sites for hydroxylation is 2. The first-order valence-electron chi connectivity index (χ1n) is 10.1. The minimum atomic E-state index is -0.727. The van der Waals surface area contributed by atoms with Gasteiger partial charge in [-0.3, -0.25) is 9.69 Å². The van der Waals surface area contributed by atoms with E-state index in [1.807, 2.05) is 31.1 Å². The lowest BCUT2D eigenvalue weighted by molar-refractivity contribution is -0.0270. The molecule has 0 spiro atoms. The average Bonchev–Trinajstić information content (AvgIpc) is 3.25. The van der Waals surface area contributed by atoms with E-state index in [0.29, 0.717) is 13.0 Å². The molecule has 2 aromatic rings. The van der Waals surface area contributed by atoms with Crippen molar-refractivity contribution in [1.29, 1.82) is 0 Å². The first-order valence-corrected chi connectivity index (χ1v) is 11.0. The summed E-state index contributed by atoms with van der Waals surface area (Å²) in [6.07, 6.45) is 3.23. The maximum atomic E-state index is 13.2. The third-order valence-corrected chi connectivity index (χ3v) is 7.33. The summed E-state index contributed by atoms with van der Waals surface area (Å²) in [7, 11) is 0. The fourth-order valence-electron chi connectivity index (χ4n) is 4.39. The number of aromatic nitrogens is 1. The van der Waals surface area contributed by atoms with Crippen molar-refractivity contribution < 1.29 is 14.4 Å². The third-order valence-electron chi connectivity index (χ3n) is 6.32. The number of fused-ring (bicyclic) bond motifs is 1. The topological polar surface area (TPSA) is 69.8 Å². The van der Waals surface area contributed by atoms with Crippen LogP contribution in [0.4, 0.5) is 0 Å². The second kappa shape index (κ2) is 7.61. The van der Waals surface area contributed by atoms with Gasteiger partial charge in [-0.1, -0.05) is 12.1 Å². The lowest BCUT2D eigenvalue weighted by atomic mass is 9.90. The summed E-state index contributed by atoms with van der Waals surface area (Å²) >= 11 is 1.68. The van der Waals surface area contributed by atoms with Gasteiger partial charge in [0.15, 0.2) is 0 Å². The highest BCUT2D eigenvalue weighted by Crippen LogP contribution is 2.32. The number of rotatable bonds is 4. The summed E-state index contributed by atoms with van der Waals surface area (Å²) in [6, 6.07) is 0. The molecule has 0 aliphatic carbocycles. The number of carbonyl (C=O) groups is 1. The van der Waals surface area contributed by atoms with Crippen LogP contribution in [0.5, 0.6) is 0 Å². The maximum Gasteiger partial charge on any atom is 0.255 e. The monoisotopic (exact) mass is 403 g/mol. The fraction of sp³-hybridized carbons (Fsp3) is 0.619. The molecule has 0 saturated carbocycles. The van der Waals surface area contributed by atoms with Gasteiger partial charge in [-0.05, 0) is 45.1 Å². The van der Waals surface area contributed by atoms with Gasteiger partial charge in [-0.25, -0.2) is 0 Å².